The quantitative estimate of drug-likeness (QED) is 0.146. The van der Waals surface area contributed by atoms with Crippen molar-refractivity contribution in [1.82, 2.24) is 0 Å². The normalized spacial score (nSPS) is 16.5. The van der Waals surface area contributed by atoms with Crippen molar-refractivity contribution in [3.05, 3.63) is 106 Å². The minimum atomic E-state index is -4.07. The molecule has 0 amide bonds. The first-order valence-corrected chi connectivity index (χ1v) is 27.2. The van der Waals surface area contributed by atoms with E-state index < -0.39 is 27.4 Å². The second-order valence-electron chi connectivity index (χ2n) is 15.5. The van der Waals surface area contributed by atoms with Crippen molar-refractivity contribution in [3.63, 3.8) is 0 Å². The van der Waals surface area contributed by atoms with Crippen molar-refractivity contribution in [1.29, 1.82) is 0 Å². The van der Waals surface area contributed by atoms with Gasteiger partial charge in [-0.25, -0.2) is 0 Å². The Morgan fingerprint density at radius 1 is 0.778 bits per heavy atom. The molecule has 1 aliphatic heterocycles. The van der Waals surface area contributed by atoms with Gasteiger partial charge in [-0.15, -0.1) is 0 Å². The van der Waals surface area contributed by atoms with Gasteiger partial charge in [0.1, 0.15) is 0 Å². The Hall–Kier alpha value is -1.70. The molecule has 0 aromatic heterocycles. The fourth-order valence-electron chi connectivity index (χ4n) is 7.64. The van der Waals surface area contributed by atoms with Crippen molar-refractivity contribution in [3.8, 4) is 22.3 Å². The van der Waals surface area contributed by atoms with Gasteiger partial charge in [-0.1, -0.05) is 0 Å². The van der Waals surface area contributed by atoms with E-state index in [2.05, 4.69) is 141 Å². The van der Waals surface area contributed by atoms with Crippen molar-refractivity contribution in [2.45, 2.75) is 89.6 Å². The molecule has 0 fully saturated rings. The van der Waals surface area contributed by atoms with Crippen LogP contribution in [0.4, 0.5) is 0 Å². The summed E-state index contributed by atoms with van der Waals surface area (Å²) in [5.41, 5.74) is 13.8. The molecule has 0 saturated heterocycles. The standard InChI is InChI=1S/C29H39.C12H9Si.2ClH.Zr/c1-18(2)12-21-13-22-10-11-27(29(7,8)9)28(26(22)14-21)25-16-23(19(3)4)15-24(17-25)20(5)6;1-3-7-11-9(5-1)10-6-2-4-8-12(10)13-11;;;/h10-11,13-20H,12H2,1-9H3;1-7H,13H2;2*1H;/q;;;;+2/p-2. The Labute approximate surface area is 286 Å². The molecule has 4 aromatic carbocycles. The van der Waals surface area contributed by atoms with E-state index in [0.29, 0.717) is 17.8 Å². The van der Waals surface area contributed by atoms with Crippen LogP contribution in [-0.2, 0) is 23.3 Å². The molecule has 45 heavy (non-hydrogen) atoms. The van der Waals surface area contributed by atoms with Crippen LogP contribution in [0.5, 0.6) is 0 Å². The van der Waals surface area contributed by atoms with Crippen LogP contribution < -0.4 is 13.6 Å². The maximum atomic E-state index is 8.02. The second kappa shape index (κ2) is 12.4. The van der Waals surface area contributed by atoms with Gasteiger partial charge < -0.3 is 0 Å². The molecule has 2 aliphatic rings. The predicted molar refractivity (Wildman–Crippen MR) is 200 cm³/mol. The van der Waals surface area contributed by atoms with Gasteiger partial charge in [0.05, 0.1) is 0 Å². The topological polar surface area (TPSA) is 0 Å². The third kappa shape index (κ3) is 6.08. The minimum absolute atomic E-state index is 0.0136. The van der Waals surface area contributed by atoms with Crippen LogP contribution in [0.2, 0.25) is 0 Å². The van der Waals surface area contributed by atoms with E-state index in [4.69, 9.17) is 17.0 Å². The summed E-state index contributed by atoms with van der Waals surface area (Å²) < 4.78 is 1.40. The molecule has 234 valence electrons. The molecule has 0 spiro atoms. The third-order valence-corrected chi connectivity index (χ3v) is 24.3. The van der Waals surface area contributed by atoms with Gasteiger partial charge in [-0.3, -0.25) is 0 Å². The zero-order valence-corrected chi connectivity index (χ0v) is 33.9. The van der Waals surface area contributed by atoms with Crippen LogP contribution in [0.1, 0.15) is 112 Å². The van der Waals surface area contributed by atoms with Crippen LogP contribution >= 0.6 is 17.0 Å². The van der Waals surface area contributed by atoms with Gasteiger partial charge in [-0.05, 0) is 0 Å². The molecule has 1 aliphatic carbocycles. The van der Waals surface area contributed by atoms with Crippen LogP contribution in [-0.4, -0.2) is 9.52 Å². The second-order valence-corrected chi connectivity index (χ2v) is 31.3. The van der Waals surface area contributed by atoms with Gasteiger partial charge in [0.25, 0.3) is 0 Å². The Morgan fingerprint density at radius 2 is 1.42 bits per heavy atom. The van der Waals surface area contributed by atoms with Crippen molar-refractivity contribution < 1.29 is 17.9 Å². The Morgan fingerprint density at radius 3 is 2.04 bits per heavy atom. The summed E-state index contributed by atoms with van der Waals surface area (Å²) in [4.78, 5) is 0. The zero-order chi connectivity index (χ0) is 32.4. The first-order chi connectivity index (χ1) is 21.2. The number of fused-ring (bicyclic) bond motifs is 4. The molecular weight excluding hydrogens is 683 g/mol. The molecule has 4 heteroatoms. The summed E-state index contributed by atoms with van der Waals surface area (Å²) >= 11 is -4.07. The number of rotatable bonds is 7. The number of halogens is 2. The molecule has 0 nitrogen and oxygen atoms in total. The summed E-state index contributed by atoms with van der Waals surface area (Å²) in [5.74, 6) is 1.44. The number of hydrogen-bond acceptors (Lipinski definition) is 0. The fourth-order valence-corrected chi connectivity index (χ4v) is 24.4. The molecule has 1 unspecified atom stereocenters. The van der Waals surface area contributed by atoms with Crippen LogP contribution in [0.15, 0.2) is 78.4 Å². The first kappa shape index (κ1) is 33.2. The molecule has 1 heterocycles. The summed E-state index contributed by atoms with van der Waals surface area (Å²) in [6, 6.07) is 27.9. The maximum absolute atomic E-state index is 8.02. The Kier molecular flexibility index (Phi) is 9.15. The summed E-state index contributed by atoms with van der Waals surface area (Å²) in [7, 11) is 15.4. The van der Waals surface area contributed by atoms with E-state index in [1.165, 1.54) is 69.3 Å². The summed E-state index contributed by atoms with van der Waals surface area (Å²) in [6.07, 6.45) is 3.53. The average Bonchev–Trinajstić information content (AvgIpc) is 3.53. The first-order valence-electron chi connectivity index (χ1n) is 16.8. The zero-order valence-electron chi connectivity index (χ0n) is 28.5. The van der Waals surface area contributed by atoms with E-state index in [1.54, 1.807) is 0 Å². The Bertz CT molecular complexity index is 1780. The average molecular weight is 731 g/mol. The van der Waals surface area contributed by atoms with Crippen molar-refractivity contribution >= 4 is 46.3 Å². The summed E-state index contributed by atoms with van der Waals surface area (Å²) in [5, 5.41) is 3.01. The number of allylic oxidation sites excluding steroid dienone is 1. The van der Waals surface area contributed by atoms with E-state index in [1.807, 2.05) is 0 Å². The molecule has 0 bridgehead atoms. The molecule has 6 rings (SSSR count). The van der Waals surface area contributed by atoms with Gasteiger partial charge in [-0.2, -0.15) is 0 Å². The fraction of sp³-hybridized carbons (Fsp3) is 0.366. The van der Waals surface area contributed by atoms with E-state index in [9.17, 15) is 0 Å². The molecule has 0 N–H and O–H groups in total. The van der Waals surface area contributed by atoms with Gasteiger partial charge in [0.2, 0.25) is 0 Å². The van der Waals surface area contributed by atoms with Crippen LogP contribution in [0, 0.1) is 5.92 Å². The Balaban J connectivity index is 1.60. The molecule has 1 atom stereocenters. The van der Waals surface area contributed by atoms with E-state index >= 15 is 0 Å². The van der Waals surface area contributed by atoms with Gasteiger partial charge >= 0.3 is 288 Å². The predicted octanol–water partition coefficient (Wildman–Crippen LogP) is 10.3. The molecular formula is C41H48Cl2SiZr. The van der Waals surface area contributed by atoms with Crippen molar-refractivity contribution in [2.75, 3.05) is 0 Å². The third-order valence-electron chi connectivity index (χ3n) is 9.91. The van der Waals surface area contributed by atoms with E-state index in [-0.39, 0.29) is 9.04 Å². The molecule has 0 saturated carbocycles. The van der Waals surface area contributed by atoms with E-state index in [0.717, 1.165) is 6.42 Å². The van der Waals surface area contributed by atoms with Crippen molar-refractivity contribution in [2.24, 2.45) is 5.92 Å². The number of hydrogen-bond donors (Lipinski definition) is 0. The van der Waals surface area contributed by atoms with Crippen LogP contribution in [0.25, 0.3) is 28.3 Å². The summed E-state index contributed by atoms with van der Waals surface area (Å²) in [6.45, 7) is 20.9. The molecule has 4 aromatic rings. The monoisotopic (exact) mass is 728 g/mol. The number of benzene rings is 4. The van der Waals surface area contributed by atoms with Gasteiger partial charge in [0.15, 0.2) is 0 Å². The van der Waals surface area contributed by atoms with Gasteiger partial charge in [0, 0.05) is 0 Å². The SMILES string of the molecule is CC(C)CC1=Cc2c(ccc(C(C)(C)C)c2-c2cc(C(C)C)cc(C(C)C)c2)[CH]1[Zr]([Cl])([Cl])[c]1cccc2c1[SiH2]c1ccccc1-2. The molecule has 0 radical (unpaired) electrons. The van der Waals surface area contributed by atoms with Crippen LogP contribution in [0.3, 0.4) is 0 Å².